The molecule has 1 aromatic rings. The molecule has 0 aromatic carbocycles. The SMILES string of the molecule is CCCNCc1cc(CN2CCC(C)(C)C2)c(C)o1. The topological polar surface area (TPSA) is 28.4 Å². The van der Waals surface area contributed by atoms with E-state index in [0.717, 1.165) is 37.6 Å². The maximum absolute atomic E-state index is 5.83. The molecule has 19 heavy (non-hydrogen) atoms. The summed E-state index contributed by atoms with van der Waals surface area (Å²) in [4.78, 5) is 2.54. The van der Waals surface area contributed by atoms with Crippen LogP contribution < -0.4 is 5.32 Å². The van der Waals surface area contributed by atoms with E-state index in [1.165, 1.54) is 25.1 Å². The molecular formula is C16H28N2O. The fraction of sp³-hybridized carbons (Fsp3) is 0.750. The molecule has 0 aliphatic carbocycles. The van der Waals surface area contributed by atoms with Crippen LogP contribution in [0.2, 0.25) is 0 Å². The van der Waals surface area contributed by atoms with Crippen LogP contribution in [0.25, 0.3) is 0 Å². The first-order chi connectivity index (χ1) is 9.00. The van der Waals surface area contributed by atoms with E-state index in [1.54, 1.807) is 0 Å². The van der Waals surface area contributed by atoms with Gasteiger partial charge in [-0.2, -0.15) is 0 Å². The summed E-state index contributed by atoms with van der Waals surface area (Å²) in [6.07, 6.45) is 2.46. The van der Waals surface area contributed by atoms with Crippen molar-refractivity contribution in [2.45, 2.75) is 53.6 Å². The van der Waals surface area contributed by atoms with Crippen LogP contribution in [-0.2, 0) is 13.1 Å². The van der Waals surface area contributed by atoms with E-state index in [4.69, 9.17) is 4.42 Å². The Bertz CT molecular complexity index is 409. The molecule has 0 spiro atoms. The Kier molecular flexibility index (Phi) is 4.69. The third kappa shape index (κ3) is 4.08. The molecule has 0 bridgehead atoms. The minimum absolute atomic E-state index is 0.475. The molecule has 3 nitrogen and oxygen atoms in total. The molecule has 0 radical (unpaired) electrons. The number of hydrogen-bond donors (Lipinski definition) is 1. The normalized spacial score (nSPS) is 19.2. The average molecular weight is 264 g/mol. The number of nitrogens with one attached hydrogen (secondary N) is 1. The average Bonchev–Trinajstić information content (AvgIpc) is 2.84. The first-order valence-corrected chi connectivity index (χ1v) is 7.51. The monoisotopic (exact) mass is 264 g/mol. The van der Waals surface area contributed by atoms with Gasteiger partial charge in [-0.3, -0.25) is 4.90 Å². The fourth-order valence-electron chi connectivity index (χ4n) is 2.82. The van der Waals surface area contributed by atoms with Crippen molar-refractivity contribution < 1.29 is 4.42 Å². The van der Waals surface area contributed by atoms with Gasteiger partial charge in [-0.25, -0.2) is 0 Å². The smallest absolute Gasteiger partial charge is 0.118 e. The third-order valence-corrected chi connectivity index (χ3v) is 3.95. The van der Waals surface area contributed by atoms with Gasteiger partial charge in [-0.15, -0.1) is 0 Å². The predicted molar refractivity (Wildman–Crippen MR) is 79.1 cm³/mol. The van der Waals surface area contributed by atoms with Gasteiger partial charge in [0.05, 0.1) is 6.54 Å². The third-order valence-electron chi connectivity index (χ3n) is 3.95. The molecule has 2 heterocycles. The molecule has 1 fully saturated rings. The molecule has 0 amide bonds. The second-order valence-corrected chi connectivity index (χ2v) is 6.60. The molecule has 2 rings (SSSR count). The van der Waals surface area contributed by atoms with Crippen molar-refractivity contribution >= 4 is 0 Å². The van der Waals surface area contributed by atoms with Gasteiger partial charge in [0.2, 0.25) is 0 Å². The van der Waals surface area contributed by atoms with E-state index in [2.05, 4.69) is 44.0 Å². The molecule has 1 aliphatic rings. The minimum atomic E-state index is 0.475. The maximum Gasteiger partial charge on any atom is 0.118 e. The highest BCUT2D eigenvalue weighted by atomic mass is 16.3. The molecule has 3 heteroatoms. The van der Waals surface area contributed by atoms with Crippen LogP contribution in [0.3, 0.4) is 0 Å². The summed E-state index contributed by atoms with van der Waals surface area (Å²) in [5, 5.41) is 3.39. The van der Waals surface area contributed by atoms with E-state index in [1.807, 2.05) is 0 Å². The number of nitrogens with zero attached hydrogens (tertiary/aromatic N) is 1. The van der Waals surface area contributed by atoms with E-state index >= 15 is 0 Å². The summed E-state index contributed by atoms with van der Waals surface area (Å²) in [7, 11) is 0. The van der Waals surface area contributed by atoms with Gasteiger partial charge in [-0.1, -0.05) is 20.8 Å². The van der Waals surface area contributed by atoms with Gasteiger partial charge < -0.3 is 9.73 Å². The highest BCUT2D eigenvalue weighted by Gasteiger charge is 2.29. The predicted octanol–water partition coefficient (Wildman–Crippen LogP) is 3.32. The highest BCUT2D eigenvalue weighted by molar-refractivity contribution is 5.21. The van der Waals surface area contributed by atoms with Crippen molar-refractivity contribution in [2.75, 3.05) is 19.6 Å². The van der Waals surface area contributed by atoms with Gasteiger partial charge in [0.25, 0.3) is 0 Å². The van der Waals surface area contributed by atoms with E-state index in [9.17, 15) is 0 Å². The number of aryl methyl sites for hydroxylation is 1. The van der Waals surface area contributed by atoms with Gasteiger partial charge in [-0.05, 0) is 44.3 Å². The van der Waals surface area contributed by atoms with Crippen LogP contribution in [0, 0.1) is 12.3 Å². The zero-order chi connectivity index (χ0) is 13.9. The van der Waals surface area contributed by atoms with Crippen molar-refractivity contribution in [2.24, 2.45) is 5.41 Å². The van der Waals surface area contributed by atoms with Crippen LogP contribution >= 0.6 is 0 Å². The molecule has 1 aliphatic heterocycles. The highest BCUT2D eigenvalue weighted by Crippen LogP contribution is 2.30. The Morgan fingerprint density at radius 1 is 1.42 bits per heavy atom. The number of furan rings is 1. The second-order valence-electron chi connectivity index (χ2n) is 6.60. The molecular weight excluding hydrogens is 236 g/mol. The molecule has 1 aromatic heterocycles. The maximum atomic E-state index is 5.83. The van der Waals surface area contributed by atoms with Gasteiger partial charge >= 0.3 is 0 Å². The molecule has 108 valence electrons. The van der Waals surface area contributed by atoms with Crippen molar-refractivity contribution in [1.82, 2.24) is 10.2 Å². The lowest BCUT2D eigenvalue weighted by molar-refractivity contribution is 0.282. The van der Waals surface area contributed by atoms with Crippen molar-refractivity contribution in [1.29, 1.82) is 0 Å². The van der Waals surface area contributed by atoms with Crippen LogP contribution in [0.5, 0.6) is 0 Å². The summed E-state index contributed by atoms with van der Waals surface area (Å²) < 4.78 is 5.83. The van der Waals surface area contributed by atoms with E-state index < -0.39 is 0 Å². The van der Waals surface area contributed by atoms with E-state index in [0.29, 0.717) is 5.41 Å². The van der Waals surface area contributed by atoms with Crippen molar-refractivity contribution in [3.05, 3.63) is 23.2 Å². The first kappa shape index (κ1) is 14.6. The lowest BCUT2D eigenvalue weighted by Crippen LogP contribution is -2.22. The standard InChI is InChI=1S/C16H28N2O/c1-5-7-17-10-15-9-14(13(2)19-15)11-18-8-6-16(3,4)12-18/h9,17H,5-8,10-12H2,1-4H3. The van der Waals surface area contributed by atoms with Crippen LogP contribution in [-0.4, -0.2) is 24.5 Å². The Morgan fingerprint density at radius 2 is 2.21 bits per heavy atom. The van der Waals surface area contributed by atoms with Gasteiger partial charge in [0.1, 0.15) is 11.5 Å². The number of rotatable bonds is 6. The Morgan fingerprint density at radius 3 is 2.84 bits per heavy atom. The fourth-order valence-corrected chi connectivity index (χ4v) is 2.82. The Balaban J connectivity index is 1.90. The van der Waals surface area contributed by atoms with Crippen LogP contribution in [0.15, 0.2) is 10.5 Å². The molecule has 1 N–H and O–H groups in total. The number of hydrogen-bond acceptors (Lipinski definition) is 3. The second kappa shape index (κ2) is 6.10. The first-order valence-electron chi connectivity index (χ1n) is 7.51. The quantitative estimate of drug-likeness (QED) is 0.799. The van der Waals surface area contributed by atoms with Gasteiger partial charge in [0.15, 0.2) is 0 Å². The van der Waals surface area contributed by atoms with Crippen LogP contribution in [0.4, 0.5) is 0 Å². The summed E-state index contributed by atoms with van der Waals surface area (Å²) in [5.41, 5.74) is 1.83. The lowest BCUT2D eigenvalue weighted by Gasteiger charge is -2.19. The summed E-state index contributed by atoms with van der Waals surface area (Å²) >= 11 is 0. The van der Waals surface area contributed by atoms with Crippen LogP contribution in [0.1, 0.15) is 50.7 Å². The number of likely N-dealkylation sites (tertiary alicyclic amines) is 1. The summed E-state index contributed by atoms with van der Waals surface area (Å²) in [6, 6.07) is 2.23. The lowest BCUT2D eigenvalue weighted by atomic mass is 9.93. The largest absolute Gasteiger partial charge is 0.465 e. The van der Waals surface area contributed by atoms with Crippen molar-refractivity contribution in [3.63, 3.8) is 0 Å². The summed E-state index contributed by atoms with van der Waals surface area (Å²) in [5.74, 6) is 2.15. The summed E-state index contributed by atoms with van der Waals surface area (Å²) in [6.45, 7) is 14.3. The molecule has 0 saturated carbocycles. The Hall–Kier alpha value is -0.800. The van der Waals surface area contributed by atoms with E-state index in [-0.39, 0.29) is 0 Å². The zero-order valence-electron chi connectivity index (χ0n) is 12.9. The van der Waals surface area contributed by atoms with Gasteiger partial charge in [0, 0.05) is 18.7 Å². The van der Waals surface area contributed by atoms with Crippen molar-refractivity contribution in [3.8, 4) is 0 Å². The molecule has 0 unspecified atom stereocenters. The molecule has 1 saturated heterocycles. The Labute approximate surface area is 117 Å². The minimum Gasteiger partial charge on any atom is -0.465 e. The zero-order valence-corrected chi connectivity index (χ0v) is 12.9. The molecule has 0 atom stereocenters.